The van der Waals surface area contributed by atoms with Crippen LogP contribution in [0.4, 0.5) is 5.69 Å². The van der Waals surface area contributed by atoms with Gasteiger partial charge in [0.15, 0.2) is 0 Å². The van der Waals surface area contributed by atoms with Crippen LogP contribution in [0.3, 0.4) is 0 Å². The average molecular weight is 298 g/mol. The Bertz CT molecular complexity index is 550. The first-order valence-electron chi connectivity index (χ1n) is 6.40. The second-order valence-corrected chi connectivity index (χ2v) is 5.34. The van der Waals surface area contributed by atoms with Crippen molar-refractivity contribution >= 4 is 23.2 Å². The zero-order valence-electron chi connectivity index (χ0n) is 11.3. The molecule has 1 aliphatic rings. The molecule has 2 unspecified atom stereocenters. The van der Waals surface area contributed by atoms with E-state index in [2.05, 4.69) is 5.32 Å². The largest absolute Gasteiger partial charge is 0.333 e. The molecule has 7 heteroatoms. The zero-order chi connectivity index (χ0) is 14.9. The van der Waals surface area contributed by atoms with Gasteiger partial charge in [0.25, 0.3) is 11.6 Å². The lowest BCUT2D eigenvalue weighted by molar-refractivity contribution is -0.385. The molecule has 1 N–H and O–H groups in total. The summed E-state index contributed by atoms with van der Waals surface area (Å²) in [7, 11) is 0. The molecule has 1 amide bonds. The van der Waals surface area contributed by atoms with Gasteiger partial charge in [-0.25, -0.2) is 0 Å². The minimum atomic E-state index is -0.574. The van der Waals surface area contributed by atoms with Crippen molar-refractivity contribution in [3.8, 4) is 0 Å². The van der Waals surface area contributed by atoms with Crippen LogP contribution in [-0.4, -0.2) is 40.9 Å². The van der Waals surface area contributed by atoms with Crippen molar-refractivity contribution in [2.45, 2.75) is 25.9 Å². The predicted octanol–water partition coefficient (Wildman–Crippen LogP) is 2.07. The van der Waals surface area contributed by atoms with Crippen LogP contribution >= 0.6 is 11.6 Å². The molecular formula is C13H16ClN3O3. The van der Waals surface area contributed by atoms with Crippen molar-refractivity contribution < 1.29 is 9.72 Å². The Hall–Kier alpha value is -1.66. The summed E-state index contributed by atoms with van der Waals surface area (Å²) in [5.41, 5.74) is -0.166. The number of amides is 1. The Labute approximate surface area is 121 Å². The van der Waals surface area contributed by atoms with Gasteiger partial charge >= 0.3 is 0 Å². The van der Waals surface area contributed by atoms with E-state index in [1.54, 1.807) is 4.90 Å². The summed E-state index contributed by atoms with van der Waals surface area (Å²) in [4.78, 5) is 24.7. The zero-order valence-corrected chi connectivity index (χ0v) is 12.1. The van der Waals surface area contributed by atoms with Crippen LogP contribution in [0.25, 0.3) is 0 Å². The monoisotopic (exact) mass is 297 g/mol. The Morgan fingerprint density at radius 3 is 2.85 bits per heavy atom. The number of hydrogen-bond acceptors (Lipinski definition) is 4. The molecule has 1 aliphatic heterocycles. The first-order chi connectivity index (χ1) is 9.41. The third-order valence-electron chi connectivity index (χ3n) is 3.68. The maximum Gasteiger partial charge on any atom is 0.283 e. The average Bonchev–Trinajstić information content (AvgIpc) is 2.41. The van der Waals surface area contributed by atoms with E-state index in [0.29, 0.717) is 13.1 Å². The number of hydrogen-bond donors (Lipinski definition) is 1. The number of carbonyl (C=O) groups excluding carboxylic acids is 1. The predicted molar refractivity (Wildman–Crippen MR) is 76.1 cm³/mol. The Balaban J connectivity index is 2.36. The molecule has 0 spiro atoms. The smallest absolute Gasteiger partial charge is 0.283 e. The molecule has 108 valence electrons. The molecule has 1 aromatic rings. The summed E-state index contributed by atoms with van der Waals surface area (Å²) in [6.07, 6.45) is 0. The van der Waals surface area contributed by atoms with Crippen LogP contribution in [0, 0.1) is 10.1 Å². The third kappa shape index (κ3) is 2.76. The van der Waals surface area contributed by atoms with Gasteiger partial charge in [-0.3, -0.25) is 14.9 Å². The molecule has 1 aromatic carbocycles. The number of nitrogens with zero attached hydrogens (tertiary/aromatic N) is 2. The fourth-order valence-corrected chi connectivity index (χ4v) is 2.50. The van der Waals surface area contributed by atoms with Crippen molar-refractivity contribution in [2.24, 2.45) is 0 Å². The van der Waals surface area contributed by atoms with Crippen LogP contribution in [0.5, 0.6) is 0 Å². The summed E-state index contributed by atoms with van der Waals surface area (Å²) >= 11 is 5.76. The van der Waals surface area contributed by atoms with Crippen LogP contribution in [0.15, 0.2) is 18.2 Å². The lowest BCUT2D eigenvalue weighted by Crippen LogP contribution is -2.57. The molecule has 0 aromatic heterocycles. The van der Waals surface area contributed by atoms with E-state index in [-0.39, 0.29) is 34.3 Å². The normalized spacial score (nSPS) is 22.6. The van der Waals surface area contributed by atoms with E-state index in [9.17, 15) is 14.9 Å². The van der Waals surface area contributed by atoms with Crippen molar-refractivity contribution in [1.29, 1.82) is 0 Å². The number of nitrogens with one attached hydrogen (secondary N) is 1. The van der Waals surface area contributed by atoms with Crippen molar-refractivity contribution in [3.63, 3.8) is 0 Å². The van der Waals surface area contributed by atoms with Crippen LogP contribution in [-0.2, 0) is 0 Å². The summed E-state index contributed by atoms with van der Waals surface area (Å²) in [5, 5.41) is 14.6. The van der Waals surface area contributed by atoms with Gasteiger partial charge in [0.1, 0.15) is 5.56 Å². The van der Waals surface area contributed by atoms with Gasteiger partial charge in [0.05, 0.1) is 4.92 Å². The van der Waals surface area contributed by atoms with E-state index in [1.807, 2.05) is 13.8 Å². The molecule has 1 saturated heterocycles. The summed E-state index contributed by atoms with van der Waals surface area (Å²) < 4.78 is 0. The van der Waals surface area contributed by atoms with E-state index >= 15 is 0 Å². The second kappa shape index (κ2) is 5.76. The number of halogens is 1. The number of carbonyl (C=O) groups is 1. The minimum absolute atomic E-state index is 0.0217. The van der Waals surface area contributed by atoms with Gasteiger partial charge in [0.2, 0.25) is 0 Å². The van der Waals surface area contributed by atoms with E-state index in [4.69, 9.17) is 11.6 Å². The van der Waals surface area contributed by atoms with Crippen LogP contribution in [0.1, 0.15) is 24.2 Å². The van der Waals surface area contributed by atoms with E-state index in [0.717, 1.165) is 0 Å². The highest BCUT2D eigenvalue weighted by Gasteiger charge is 2.32. The van der Waals surface area contributed by atoms with Crippen molar-refractivity contribution in [1.82, 2.24) is 10.2 Å². The van der Waals surface area contributed by atoms with Gasteiger partial charge in [-0.15, -0.1) is 0 Å². The quantitative estimate of drug-likeness (QED) is 0.670. The van der Waals surface area contributed by atoms with Crippen molar-refractivity contribution in [2.75, 3.05) is 13.1 Å². The number of nitro groups is 1. The molecule has 0 saturated carbocycles. The number of benzene rings is 1. The first-order valence-corrected chi connectivity index (χ1v) is 6.78. The fraction of sp³-hybridized carbons (Fsp3) is 0.462. The molecule has 0 bridgehead atoms. The molecular weight excluding hydrogens is 282 g/mol. The molecule has 0 aliphatic carbocycles. The van der Waals surface area contributed by atoms with Gasteiger partial charge in [-0.05, 0) is 26.0 Å². The van der Waals surface area contributed by atoms with Crippen molar-refractivity contribution in [3.05, 3.63) is 38.9 Å². The van der Waals surface area contributed by atoms with Crippen LogP contribution < -0.4 is 5.32 Å². The molecule has 2 rings (SSSR count). The summed E-state index contributed by atoms with van der Waals surface area (Å²) in [6, 6.07) is 4.26. The van der Waals surface area contributed by atoms with Gasteiger partial charge in [-0.2, -0.15) is 0 Å². The Kier molecular flexibility index (Phi) is 4.25. The minimum Gasteiger partial charge on any atom is -0.333 e. The lowest BCUT2D eigenvalue weighted by Gasteiger charge is -2.38. The standard InChI is InChI=1S/C13H16ClN3O3/c1-8-9(2)16(6-5-15-8)13(18)11-4-3-10(14)7-12(11)17(19)20/h3-4,7-9,15H,5-6H2,1-2H3. The second-order valence-electron chi connectivity index (χ2n) is 4.90. The van der Waals surface area contributed by atoms with Gasteiger partial charge in [0, 0.05) is 36.3 Å². The molecule has 2 atom stereocenters. The highest BCUT2D eigenvalue weighted by atomic mass is 35.5. The highest BCUT2D eigenvalue weighted by molar-refractivity contribution is 6.31. The molecule has 1 heterocycles. The molecule has 20 heavy (non-hydrogen) atoms. The third-order valence-corrected chi connectivity index (χ3v) is 3.92. The fourth-order valence-electron chi connectivity index (χ4n) is 2.33. The van der Waals surface area contributed by atoms with Gasteiger partial charge in [-0.1, -0.05) is 11.6 Å². The molecule has 6 nitrogen and oxygen atoms in total. The highest BCUT2D eigenvalue weighted by Crippen LogP contribution is 2.25. The molecule has 0 radical (unpaired) electrons. The summed E-state index contributed by atoms with van der Waals surface area (Å²) in [6.45, 7) is 5.12. The number of nitro benzene ring substituents is 1. The topological polar surface area (TPSA) is 75.5 Å². The maximum absolute atomic E-state index is 12.5. The summed E-state index contributed by atoms with van der Waals surface area (Å²) in [5.74, 6) is -0.325. The lowest BCUT2D eigenvalue weighted by atomic mass is 10.0. The van der Waals surface area contributed by atoms with Crippen LogP contribution in [0.2, 0.25) is 5.02 Å². The Morgan fingerprint density at radius 1 is 1.50 bits per heavy atom. The van der Waals surface area contributed by atoms with E-state index in [1.165, 1.54) is 18.2 Å². The number of piperazine rings is 1. The first kappa shape index (κ1) is 14.7. The molecule has 1 fully saturated rings. The number of rotatable bonds is 2. The van der Waals surface area contributed by atoms with E-state index < -0.39 is 4.92 Å². The van der Waals surface area contributed by atoms with Gasteiger partial charge < -0.3 is 10.2 Å². The Morgan fingerprint density at radius 2 is 2.20 bits per heavy atom. The SMILES string of the molecule is CC1NCCN(C(=O)c2ccc(Cl)cc2[N+](=O)[O-])C1C. The maximum atomic E-state index is 12.5.